The van der Waals surface area contributed by atoms with Crippen molar-refractivity contribution in [3.8, 4) is 40.1 Å². The number of hydrogen-bond acceptors (Lipinski definition) is 16. The summed E-state index contributed by atoms with van der Waals surface area (Å²) in [5.74, 6) is -0.391. The lowest BCUT2D eigenvalue weighted by molar-refractivity contribution is -0.318. The number of hydrogen-bond donors (Lipinski definition) is 7. The van der Waals surface area contributed by atoms with E-state index < -0.39 is 84.9 Å². The number of aliphatic hydroxyl groups excluding tert-OH is 6. The molecule has 1 aromatic heterocycles. The van der Waals surface area contributed by atoms with Crippen LogP contribution in [0.15, 0.2) is 39.5 Å². The Labute approximate surface area is 261 Å². The van der Waals surface area contributed by atoms with Crippen LogP contribution in [-0.2, 0) is 14.2 Å². The van der Waals surface area contributed by atoms with Crippen molar-refractivity contribution in [2.45, 2.75) is 68.3 Å². The van der Waals surface area contributed by atoms with E-state index in [0.717, 1.165) is 0 Å². The van der Waals surface area contributed by atoms with Gasteiger partial charge in [0.2, 0.25) is 17.5 Å². The number of benzene rings is 2. The van der Waals surface area contributed by atoms with Crippen molar-refractivity contribution in [3.05, 3.63) is 40.6 Å². The molecule has 0 radical (unpaired) electrons. The average Bonchev–Trinajstić information content (AvgIpc) is 3.05. The molecule has 7 N–H and O–H groups in total. The molecular formula is C30H36O16. The van der Waals surface area contributed by atoms with Crippen molar-refractivity contribution in [2.75, 3.05) is 27.9 Å². The van der Waals surface area contributed by atoms with Crippen LogP contribution in [0.5, 0.6) is 28.7 Å². The van der Waals surface area contributed by atoms with Crippen LogP contribution in [0.25, 0.3) is 22.3 Å². The summed E-state index contributed by atoms with van der Waals surface area (Å²) in [6.07, 6.45) is -15.7. The first-order valence-corrected chi connectivity index (χ1v) is 14.2. The molecule has 16 heteroatoms. The summed E-state index contributed by atoms with van der Waals surface area (Å²) < 4.78 is 44.4. The third-order valence-corrected chi connectivity index (χ3v) is 7.92. The minimum Gasteiger partial charge on any atom is -0.507 e. The van der Waals surface area contributed by atoms with Crippen molar-refractivity contribution < 1.29 is 73.3 Å². The molecule has 0 bridgehead atoms. The van der Waals surface area contributed by atoms with E-state index in [1.54, 1.807) is 6.07 Å². The molecule has 2 aromatic carbocycles. The maximum atomic E-state index is 13.9. The van der Waals surface area contributed by atoms with Crippen molar-refractivity contribution in [1.29, 1.82) is 0 Å². The van der Waals surface area contributed by atoms with E-state index in [2.05, 4.69) is 0 Å². The van der Waals surface area contributed by atoms with Gasteiger partial charge in [-0.1, -0.05) is 0 Å². The first kappa shape index (κ1) is 33.6. The number of aliphatic hydroxyl groups is 6. The topological polar surface area (TPSA) is 236 Å². The predicted octanol–water partition coefficient (Wildman–Crippen LogP) is -0.778. The van der Waals surface area contributed by atoms with Crippen molar-refractivity contribution >= 4 is 11.0 Å². The quantitative estimate of drug-likeness (QED) is 0.150. The number of rotatable bonds is 9. The van der Waals surface area contributed by atoms with Gasteiger partial charge < -0.3 is 73.3 Å². The summed E-state index contributed by atoms with van der Waals surface area (Å²) in [6, 6.07) is 7.14. The highest BCUT2D eigenvalue weighted by atomic mass is 16.7. The highest BCUT2D eigenvalue weighted by Gasteiger charge is 2.48. The van der Waals surface area contributed by atoms with Gasteiger partial charge in [-0.3, -0.25) is 4.79 Å². The molecule has 0 saturated carbocycles. The highest BCUT2D eigenvalue weighted by Crippen LogP contribution is 2.40. The van der Waals surface area contributed by atoms with Crippen LogP contribution in [0.3, 0.4) is 0 Å². The van der Waals surface area contributed by atoms with Crippen LogP contribution in [0.1, 0.15) is 6.92 Å². The van der Waals surface area contributed by atoms with Crippen molar-refractivity contribution in [2.24, 2.45) is 0 Å². The molecule has 3 heterocycles. The summed E-state index contributed by atoms with van der Waals surface area (Å²) in [6.45, 7) is 0.891. The average molecular weight is 653 g/mol. The van der Waals surface area contributed by atoms with E-state index in [1.807, 2.05) is 0 Å². The monoisotopic (exact) mass is 652 g/mol. The van der Waals surface area contributed by atoms with Crippen LogP contribution in [-0.4, -0.2) is 125 Å². The second-order valence-corrected chi connectivity index (χ2v) is 10.8. The Balaban J connectivity index is 1.51. The Hall–Kier alpha value is -3.71. The SMILES string of the molecule is COc1cc(O)c2c(=O)c(O[C@@H]3O[C@H](CO[C@@H]4O[C@@H](C)[C@H](O)[C@@H](O)[C@H]4O)[C@@H](O)[C@H](O)[C@H]3O)c(-c3ccc(OC)c(OC)c3)oc2c1. The summed E-state index contributed by atoms with van der Waals surface area (Å²) >= 11 is 0. The maximum Gasteiger partial charge on any atom is 0.239 e. The molecular weight excluding hydrogens is 616 g/mol. The van der Waals surface area contributed by atoms with E-state index in [0.29, 0.717) is 5.75 Å². The first-order valence-electron chi connectivity index (χ1n) is 14.2. The van der Waals surface area contributed by atoms with Crippen LogP contribution in [0.2, 0.25) is 0 Å². The normalized spacial score (nSPS) is 31.4. The van der Waals surface area contributed by atoms with Gasteiger partial charge in [-0.25, -0.2) is 0 Å². The zero-order valence-corrected chi connectivity index (χ0v) is 25.2. The third kappa shape index (κ3) is 6.18. The Morgan fingerprint density at radius 1 is 0.761 bits per heavy atom. The fourth-order valence-corrected chi connectivity index (χ4v) is 5.26. The minimum absolute atomic E-state index is 0.0709. The van der Waals surface area contributed by atoms with Gasteiger partial charge in [0.05, 0.1) is 34.0 Å². The molecule has 0 amide bonds. The molecule has 5 rings (SSSR count). The van der Waals surface area contributed by atoms with Gasteiger partial charge >= 0.3 is 0 Å². The van der Waals surface area contributed by atoms with Crippen molar-refractivity contribution in [3.63, 3.8) is 0 Å². The largest absolute Gasteiger partial charge is 0.507 e. The molecule has 2 fully saturated rings. The lowest BCUT2D eigenvalue weighted by Crippen LogP contribution is -2.61. The molecule has 0 unspecified atom stereocenters. The zero-order chi connectivity index (χ0) is 33.4. The number of aromatic hydroxyl groups is 1. The Morgan fingerprint density at radius 2 is 1.43 bits per heavy atom. The molecule has 2 aliphatic rings. The zero-order valence-electron chi connectivity index (χ0n) is 25.2. The van der Waals surface area contributed by atoms with Gasteiger partial charge in [0.1, 0.15) is 65.2 Å². The minimum atomic E-state index is -1.91. The summed E-state index contributed by atoms with van der Waals surface area (Å²) in [5, 5.41) is 72.8. The number of fused-ring (bicyclic) bond motifs is 1. The van der Waals surface area contributed by atoms with E-state index >= 15 is 0 Å². The second-order valence-electron chi connectivity index (χ2n) is 10.8. The molecule has 3 aromatic rings. The molecule has 252 valence electrons. The van der Waals surface area contributed by atoms with E-state index in [9.17, 15) is 40.5 Å². The van der Waals surface area contributed by atoms with Crippen LogP contribution >= 0.6 is 0 Å². The smallest absolute Gasteiger partial charge is 0.239 e. The lowest BCUT2D eigenvalue weighted by atomic mass is 9.98. The lowest BCUT2D eigenvalue weighted by Gasteiger charge is -2.42. The van der Waals surface area contributed by atoms with Gasteiger partial charge in [0, 0.05) is 17.7 Å². The number of phenolic OH excluding ortho intramolecular Hbond substituents is 1. The molecule has 0 spiro atoms. The standard InChI is InChI=1S/C30H36O16/c1-11-20(32)23(35)25(37)29(43-11)42-10-18-21(33)24(36)26(38)30(45-18)46-28-22(34)19-14(31)8-13(39-2)9-17(19)44-27(28)12-5-6-15(40-3)16(7-12)41-4/h5-9,11,18,20-21,23-26,29-33,35-38H,10H2,1-4H3/t11-,18+,20-,21+,23+,24-,25+,26+,29+,30-/m0/s1. The number of methoxy groups -OCH3 is 3. The Morgan fingerprint density at radius 3 is 2.11 bits per heavy atom. The van der Waals surface area contributed by atoms with Gasteiger partial charge in [0.15, 0.2) is 23.5 Å². The van der Waals surface area contributed by atoms with Gasteiger partial charge in [-0.15, -0.1) is 0 Å². The van der Waals surface area contributed by atoms with Crippen LogP contribution in [0.4, 0.5) is 0 Å². The van der Waals surface area contributed by atoms with E-state index in [4.69, 9.17) is 37.6 Å². The van der Waals surface area contributed by atoms with Crippen molar-refractivity contribution in [1.82, 2.24) is 0 Å². The van der Waals surface area contributed by atoms with E-state index in [1.165, 1.54) is 52.5 Å². The molecule has 46 heavy (non-hydrogen) atoms. The highest BCUT2D eigenvalue weighted by molar-refractivity contribution is 5.88. The fourth-order valence-electron chi connectivity index (χ4n) is 5.26. The van der Waals surface area contributed by atoms with Gasteiger partial charge in [-0.05, 0) is 25.1 Å². The number of ether oxygens (including phenoxy) is 7. The second kappa shape index (κ2) is 13.6. The summed E-state index contributed by atoms with van der Waals surface area (Å²) in [4.78, 5) is 13.9. The summed E-state index contributed by atoms with van der Waals surface area (Å²) in [7, 11) is 4.20. The Bertz CT molecular complexity index is 1590. The molecule has 16 nitrogen and oxygen atoms in total. The van der Waals surface area contributed by atoms with Crippen LogP contribution in [0, 0.1) is 0 Å². The first-order chi connectivity index (χ1) is 21.9. The molecule has 2 aliphatic heterocycles. The summed E-state index contributed by atoms with van der Waals surface area (Å²) in [5.41, 5.74) is -0.702. The van der Waals surface area contributed by atoms with Gasteiger partial charge in [0.25, 0.3) is 0 Å². The van der Waals surface area contributed by atoms with Crippen LogP contribution < -0.4 is 24.4 Å². The molecule has 2 saturated heterocycles. The Kier molecular flexibility index (Phi) is 9.92. The van der Waals surface area contributed by atoms with E-state index in [-0.39, 0.29) is 33.8 Å². The third-order valence-electron chi connectivity index (χ3n) is 7.92. The fraction of sp³-hybridized carbons (Fsp3) is 0.500. The molecule has 10 atom stereocenters. The predicted molar refractivity (Wildman–Crippen MR) is 155 cm³/mol. The molecule has 0 aliphatic carbocycles. The maximum absolute atomic E-state index is 13.9. The number of phenols is 1. The van der Waals surface area contributed by atoms with Gasteiger partial charge in [-0.2, -0.15) is 0 Å².